The lowest BCUT2D eigenvalue weighted by molar-refractivity contribution is 0.396. The maximum absolute atomic E-state index is 4.81. The Hall–Kier alpha value is -2.20. The number of aryl methyl sites for hydroxylation is 1. The Labute approximate surface area is 118 Å². The van der Waals surface area contributed by atoms with Gasteiger partial charge in [0.2, 0.25) is 0 Å². The first-order valence-electron chi connectivity index (χ1n) is 6.68. The normalized spacial score (nSPS) is 11.4. The van der Waals surface area contributed by atoms with Gasteiger partial charge < -0.3 is 9.30 Å². The van der Waals surface area contributed by atoms with Gasteiger partial charge in [0.25, 0.3) is 0 Å². The smallest absolute Gasteiger partial charge is 0.137 e. The minimum Gasteiger partial charge on any atom is -0.304 e. The van der Waals surface area contributed by atoms with Crippen molar-refractivity contribution in [1.29, 1.82) is 0 Å². The van der Waals surface area contributed by atoms with Gasteiger partial charge in [-0.3, -0.25) is 4.98 Å². The Bertz CT molecular complexity index is 729. The largest absolute Gasteiger partial charge is 0.304 e. The molecule has 3 aromatic rings. The van der Waals surface area contributed by atoms with Gasteiger partial charge >= 0.3 is 0 Å². The summed E-state index contributed by atoms with van der Waals surface area (Å²) in [6, 6.07) is 8.25. The van der Waals surface area contributed by atoms with E-state index in [9.17, 15) is 0 Å². The molecule has 102 valence electrons. The van der Waals surface area contributed by atoms with E-state index in [4.69, 9.17) is 4.98 Å². The zero-order valence-corrected chi connectivity index (χ0v) is 12.0. The molecule has 0 aliphatic rings. The first-order valence-corrected chi connectivity index (χ1v) is 6.68. The third kappa shape index (κ3) is 2.30. The van der Waals surface area contributed by atoms with E-state index in [2.05, 4.69) is 53.6 Å². The van der Waals surface area contributed by atoms with E-state index in [1.165, 1.54) is 11.3 Å². The average molecular weight is 266 g/mol. The second-order valence-corrected chi connectivity index (χ2v) is 5.31. The second kappa shape index (κ2) is 5.06. The zero-order chi connectivity index (χ0) is 14.1. The lowest BCUT2D eigenvalue weighted by atomic mass is 10.1. The predicted molar refractivity (Wildman–Crippen MR) is 80.6 cm³/mol. The first-order chi connectivity index (χ1) is 9.65. The molecule has 0 amide bonds. The van der Waals surface area contributed by atoms with Gasteiger partial charge in [-0.15, -0.1) is 0 Å². The second-order valence-electron chi connectivity index (χ2n) is 5.31. The molecule has 0 atom stereocenters. The number of hydrogen-bond acceptors (Lipinski definition) is 3. The number of aromatic nitrogens is 3. The number of pyridine rings is 2. The van der Waals surface area contributed by atoms with Crippen LogP contribution in [0.4, 0.5) is 0 Å². The van der Waals surface area contributed by atoms with E-state index >= 15 is 0 Å². The molecule has 0 saturated heterocycles. The SMILES string of the molecule is Cc1ccn2c(CN(C)C)c(-c3ccncc3)nc2c1. The molecule has 3 rings (SSSR count). The highest BCUT2D eigenvalue weighted by molar-refractivity contribution is 5.66. The zero-order valence-electron chi connectivity index (χ0n) is 12.0. The van der Waals surface area contributed by atoms with Gasteiger partial charge in [0.05, 0.1) is 11.4 Å². The third-order valence-corrected chi connectivity index (χ3v) is 3.30. The number of fused-ring (bicyclic) bond motifs is 1. The number of rotatable bonds is 3. The van der Waals surface area contributed by atoms with Crippen molar-refractivity contribution in [1.82, 2.24) is 19.3 Å². The molecule has 0 bridgehead atoms. The van der Waals surface area contributed by atoms with E-state index in [1.54, 1.807) is 0 Å². The molecule has 0 aliphatic heterocycles. The Morgan fingerprint density at radius 3 is 2.60 bits per heavy atom. The fourth-order valence-corrected chi connectivity index (χ4v) is 2.39. The average Bonchev–Trinajstić information content (AvgIpc) is 2.77. The van der Waals surface area contributed by atoms with Crippen molar-refractivity contribution < 1.29 is 0 Å². The predicted octanol–water partition coefficient (Wildman–Crippen LogP) is 2.77. The first kappa shape index (κ1) is 12.8. The topological polar surface area (TPSA) is 33.4 Å². The molecule has 4 nitrogen and oxygen atoms in total. The molecule has 0 N–H and O–H groups in total. The lowest BCUT2D eigenvalue weighted by Gasteiger charge is -2.11. The molecule has 0 aliphatic carbocycles. The van der Waals surface area contributed by atoms with Crippen LogP contribution >= 0.6 is 0 Å². The molecule has 4 heteroatoms. The monoisotopic (exact) mass is 266 g/mol. The van der Waals surface area contributed by atoms with Gasteiger partial charge in [0.1, 0.15) is 5.65 Å². The highest BCUT2D eigenvalue weighted by Gasteiger charge is 2.14. The van der Waals surface area contributed by atoms with Crippen molar-refractivity contribution >= 4 is 5.65 Å². The van der Waals surface area contributed by atoms with Crippen LogP contribution < -0.4 is 0 Å². The Morgan fingerprint density at radius 2 is 1.90 bits per heavy atom. The van der Waals surface area contributed by atoms with Gasteiger partial charge in [-0.1, -0.05) is 0 Å². The molecule has 3 heterocycles. The van der Waals surface area contributed by atoms with Crippen LogP contribution in [0.5, 0.6) is 0 Å². The number of hydrogen-bond donors (Lipinski definition) is 0. The van der Waals surface area contributed by atoms with Gasteiger partial charge in [0, 0.05) is 30.7 Å². The lowest BCUT2D eigenvalue weighted by Crippen LogP contribution is -2.13. The van der Waals surface area contributed by atoms with Crippen LogP contribution in [0.1, 0.15) is 11.3 Å². The fourth-order valence-electron chi connectivity index (χ4n) is 2.39. The molecule has 3 aromatic heterocycles. The summed E-state index contributed by atoms with van der Waals surface area (Å²) >= 11 is 0. The van der Waals surface area contributed by atoms with E-state index in [1.807, 2.05) is 24.5 Å². The Morgan fingerprint density at radius 1 is 1.15 bits per heavy atom. The van der Waals surface area contributed by atoms with Gasteiger partial charge in [-0.05, 0) is 50.8 Å². The highest BCUT2D eigenvalue weighted by atomic mass is 15.1. The number of nitrogens with zero attached hydrogens (tertiary/aromatic N) is 4. The van der Waals surface area contributed by atoms with Crippen LogP contribution in [0.2, 0.25) is 0 Å². The quantitative estimate of drug-likeness (QED) is 0.731. The van der Waals surface area contributed by atoms with Crippen molar-refractivity contribution in [3.63, 3.8) is 0 Å². The summed E-state index contributed by atoms with van der Waals surface area (Å²) in [7, 11) is 4.15. The van der Waals surface area contributed by atoms with E-state index in [0.29, 0.717) is 0 Å². The molecule has 0 unspecified atom stereocenters. The summed E-state index contributed by atoms with van der Waals surface area (Å²) in [6.45, 7) is 2.94. The van der Waals surface area contributed by atoms with Gasteiger partial charge in [0.15, 0.2) is 0 Å². The molecule has 0 aromatic carbocycles. The summed E-state index contributed by atoms with van der Waals surface area (Å²) in [6.07, 6.45) is 5.72. The minimum atomic E-state index is 0.849. The van der Waals surface area contributed by atoms with E-state index in [-0.39, 0.29) is 0 Å². The van der Waals surface area contributed by atoms with Crippen molar-refractivity contribution in [3.8, 4) is 11.3 Å². The van der Waals surface area contributed by atoms with Crippen LogP contribution in [-0.2, 0) is 6.54 Å². The van der Waals surface area contributed by atoms with Crippen molar-refractivity contribution in [2.75, 3.05) is 14.1 Å². The summed E-state index contributed by atoms with van der Waals surface area (Å²) in [5.74, 6) is 0. The van der Waals surface area contributed by atoms with E-state index in [0.717, 1.165) is 23.4 Å². The molecule has 20 heavy (non-hydrogen) atoms. The maximum atomic E-state index is 4.81. The minimum absolute atomic E-state index is 0.849. The van der Waals surface area contributed by atoms with Crippen molar-refractivity contribution in [2.24, 2.45) is 0 Å². The fraction of sp³-hybridized carbons (Fsp3) is 0.250. The molecule has 0 radical (unpaired) electrons. The maximum Gasteiger partial charge on any atom is 0.137 e. The third-order valence-electron chi connectivity index (χ3n) is 3.30. The van der Waals surface area contributed by atoms with Crippen LogP contribution in [0.25, 0.3) is 16.9 Å². The van der Waals surface area contributed by atoms with Crippen LogP contribution in [0.15, 0.2) is 42.9 Å². The molecule has 0 saturated carbocycles. The number of imidazole rings is 1. The van der Waals surface area contributed by atoms with Crippen LogP contribution in [0.3, 0.4) is 0 Å². The summed E-state index contributed by atoms with van der Waals surface area (Å²) in [5, 5.41) is 0. The standard InChI is InChI=1S/C16H18N4/c1-12-6-9-20-14(11-19(2)3)16(18-15(20)10-12)13-4-7-17-8-5-13/h4-10H,11H2,1-3H3. The van der Waals surface area contributed by atoms with Gasteiger partial charge in [-0.25, -0.2) is 4.98 Å². The van der Waals surface area contributed by atoms with Crippen LogP contribution in [-0.4, -0.2) is 33.4 Å². The molecule has 0 fully saturated rings. The van der Waals surface area contributed by atoms with E-state index < -0.39 is 0 Å². The molecular weight excluding hydrogens is 248 g/mol. The van der Waals surface area contributed by atoms with Crippen molar-refractivity contribution in [2.45, 2.75) is 13.5 Å². The Balaban J connectivity index is 2.24. The summed E-state index contributed by atoms with van der Waals surface area (Å²) < 4.78 is 2.17. The highest BCUT2D eigenvalue weighted by Crippen LogP contribution is 2.25. The molecular formula is C16H18N4. The van der Waals surface area contributed by atoms with Gasteiger partial charge in [-0.2, -0.15) is 0 Å². The molecule has 0 spiro atoms. The van der Waals surface area contributed by atoms with Crippen LogP contribution in [0, 0.1) is 6.92 Å². The van der Waals surface area contributed by atoms with Crippen molar-refractivity contribution in [3.05, 3.63) is 54.1 Å². The summed E-state index contributed by atoms with van der Waals surface area (Å²) in [5.41, 5.74) is 5.56. The Kier molecular flexibility index (Phi) is 3.24. The summed E-state index contributed by atoms with van der Waals surface area (Å²) in [4.78, 5) is 11.1.